The number of nitrogen functional groups attached to an aromatic ring is 1. The molecule has 1 saturated heterocycles. The number of imidazole rings is 1. The normalized spacial score (nSPS) is 30.2. The molecule has 0 spiro atoms. The van der Waals surface area contributed by atoms with Crippen molar-refractivity contribution < 1.29 is 20.1 Å². The van der Waals surface area contributed by atoms with E-state index in [0.717, 1.165) is 0 Å². The number of nitrogens with zero attached hydrogens (tertiary/aromatic N) is 4. The number of anilines is 1. The molecule has 0 aliphatic carbocycles. The van der Waals surface area contributed by atoms with Crippen LogP contribution in [0, 0.1) is 3.83 Å². The maximum absolute atomic E-state index is 10.0. The smallest absolute Gasteiger partial charge is 0.194 e. The van der Waals surface area contributed by atoms with Gasteiger partial charge >= 0.3 is 0 Å². The summed E-state index contributed by atoms with van der Waals surface area (Å²) in [6, 6.07) is 0. The standard InChI is InChI=1S/C10H12IN5O4/c11-10-14-7(12)4-8(15-10)16(2-13-4)9-6(19)5(18)3(1-17)20-9/h2-3,5-6,9,17-19H,1H2,(H2,12,14,15)/t3-,5+,6+,9-/m1/s1. The minimum Gasteiger partial charge on any atom is -0.394 e. The van der Waals surface area contributed by atoms with Gasteiger partial charge in [-0.25, -0.2) is 15.0 Å². The molecule has 3 rings (SSSR count). The van der Waals surface area contributed by atoms with E-state index in [1.165, 1.54) is 10.9 Å². The molecule has 4 atom stereocenters. The number of hydrogen-bond acceptors (Lipinski definition) is 8. The molecule has 0 amide bonds. The first-order chi connectivity index (χ1) is 9.52. The first-order valence-electron chi connectivity index (χ1n) is 5.81. The van der Waals surface area contributed by atoms with Gasteiger partial charge in [0, 0.05) is 22.6 Å². The van der Waals surface area contributed by atoms with Crippen molar-refractivity contribution >= 4 is 39.6 Å². The van der Waals surface area contributed by atoms with Crippen molar-refractivity contribution in [3.63, 3.8) is 0 Å². The fourth-order valence-electron chi connectivity index (χ4n) is 2.21. The molecule has 1 aliphatic heterocycles. The summed E-state index contributed by atoms with van der Waals surface area (Å²) >= 11 is 1.92. The molecule has 108 valence electrons. The van der Waals surface area contributed by atoms with Gasteiger partial charge in [-0.3, -0.25) is 4.57 Å². The van der Waals surface area contributed by atoms with E-state index in [4.69, 9.17) is 15.6 Å². The highest BCUT2D eigenvalue weighted by Crippen LogP contribution is 2.31. The minimum atomic E-state index is -1.20. The number of fused-ring (bicyclic) bond motifs is 1. The summed E-state index contributed by atoms with van der Waals surface area (Å²) < 4.78 is 7.34. The summed E-state index contributed by atoms with van der Waals surface area (Å²) in [5, 5.41) is 28.9. The molecule has 0 radical (unpaired) electrons. The van der Waals surface area contributed by atoms with Gasteiger partial charge in [-0.05, 0) is 0 Å². The zero-order valence-corrected chi connectivity index (χ0v) is 12.2. The van der Waals surface area contributed by atoms with Crippen LogP contribution >= 0.6 is 22.6 Å². The molecular formula is C10H12IN5O4. The second kappa shape index (κ2) is 5.04. The highest BCUT2D eigenvalue weighted by molar-refractivity contribution is 14.1. The van der Waals surface area contributed by atoms with Crippen molar-refractivity contribution in [3.05, 3.63) is 10.2 Å². The lowest BCUT2D eigenvalue weighted by Crippen LogP contribution is -2.33. The third-order valence-corrected chi connectivity index (χ3v) is 3.69. The van der Waals surface area contributed by atoms with Crippen LogP contribution < -0.4 is 5.73 Å². The van der Waals surface area contributed by atoms with Gasteiger partial charge in [0.15, 0.2) is 21.5 Å². The van der Waals surface area contributed by atoms with Crippen LogP contribution in [0.25, 0.3) is 11.2 Å². The van der Waals surface area contributed by atoms with Crippen LogP contribution in [-0.4, -0.2) is 59.8 Å². The number of ether oxygens (including phenoxy) is 1. The SMILES string of the molecule is Nc1nc(I)nc2c1ncn2[C@@H]1O[C@H](CO)[C@H](O)[C@@H]1O. The average molecular weight is 393 g/mol. The molecule has 1 fully saturated rings. The largest absolute Gasteiger partial charge is 0.394 e. The molecule has 20 heavy (non-hydrogen) atoms. The van der Waals surface area contributed by atoms with Crippen LogP contribution in [0.5, 0.6) is 0 Å². The van der Waals surface area contributed by atoms with E-state index in [0.29, 0.717) is 15.0 Å². The summed E-state index contributed by atoms with van der Waals surface area (Å²) in [7, 11) is 0. The van der Waals surface area contributed by atoms with E-state index in [1.807, 2.05) is 22.6 Å². The van der Waals surface area contributed by atoms with Gasteiger partial charge in [0.05, 0.1) is 12.9 Å². The van der Waals surface area contributed by atoms with Gasteiger partial charge in [-0.1, -0.05) is 0 Å². The maximum atomic E-state index is 10.0. The molecule has 3 heterocycles. The Bertz CT molecular complexity index is 650. The number of aliphatic hydroxyl groups is 3. The van der Waals surface area contributed by atoms with E-state index in [2.05, 4.69) is 15.0 Å². The van der Waals surface area contributed by atoms with Gasteiger partial charge < -0.3 is 25.8 Å². The first kappa shape index (κ1) is 13.9. The van der Waals surface area contributed by atoms with E-state index in [9.17, 15) is 10.2 Å². The molecule has 10 heteroatoms. The van der Waals surface area contributed by atoms with Crippen LogP contribution in [0.4, 0.5) is 5.82 Å². The van der Waals surface area contributed by atoms with E-state index in [-0.39, 0.29) is 5.82 Å². The number of aromatic nitrogens is 4. The highest BCUT2D eigenvalue weighted by Gasteiger charge is 2.44. The summed E-state index contributed by atoms with van der Waals surface area (Å²) in [6.07, 6.45) is -2.71. The Balaban J connectivity index is 2.07. The third kappa shape index (κ3) is 2.03. The molecule has 0 saturated carbocycles. The Morgan fingerprint density at radius 3 is 2.75 bits per heavy atom. The topological polar surface area (TPSA) is 140 Å². The van der Waals surface area contributed by atoms with Crippen molar-refractivity contribution in [2.75, 3.05) is 12.3 Å². The molecule has 2 aromatic rings. The molecule has 0 bridgehead atoms. The second-order valence-electron chi connectivity index (χ2n) is 4.43. The van der Waals surface area contributed by atoms with Gasteiger partial charge in [0.1, 0.15) is 23.8 Å². The number of nitrogens with two attached hydrogens (primary N) is 1. The van der Waals surface area contributed by atoms with E-state index >= 15 is 0 Å². The van der Waals surface area contributed by atoms with Crippen LogP contribution in [0.2, 0.25) is 0 Å². The zero-order chi connectivity index (χ0) is 14.4. The van der Waals surface area contributed by atoms with E-state index < -0.39 is 31.1 Å². The van der Waals surface area contributed by atoms with Crippen molar-refractivity contribution in [2.45, 2.75) is 24.5 Å². The van der Waals surface area contributed by atoms with E-state index in [1.54, 1.807) is 0 Å². The Morgan fingerprint density at radius 2 is 2.10 bits per heavy atom. The van der Waals surface area contributed by atoms with Crippen LogP contribution in [0.1, 0.15) is 6.23 Å². The van der Waals surface area contributed by atoms with Crippen molar-refractivity contribution in [1.82, 2.24) is 19.5 Å². The average Bonchev–Trinajstić information content (AvgIpc) is 2.93. The van der Waals surface area contributed by atoms with Crippen LogP contribution in [-0.2, 0) is 4.74 Å². The molecule has 5 N–H and O–H groups in total. The summed E-state index contributed by atoms with van der Waals surface area (Å²) in [6.45, 7) is -0.393. The molecular weight excluding hydrogens is 381 g/mol. The lowest BCUT2D eigenvalue weighted by molar-refractivity contribution is -0.0511. The molecule has 2 aromatic heterocycles. The van der Waals surface area contributed by atoms with Crippen LogP contribution in [0.3, 0.4) is 0 Å². The monoisotopic (exact) mass is 393 g/mol. The number of aliphatic hydroxyl groups excluding tert-OH is 3. The predicted octanol–water partition coefficient (Wildman–Crippen LogP) is -1.38. The van der Waals surface area contributed by atoms with Crippen molar-refractivity contribution in [3.8, 4) is 0 Å². The number of halogens is 1. The summed E-state index contributed by atoms with van der Waals surface area (Å²) in [5.74, 6) is 0.227. The zero-order valence-electron chi connectivity index (χ0n) is 10.1. The Hall–Kier alpha value is -1.08. The second-order valence-corrected chi connectivity index (χ2v) is 5.40. The van der Waals surface area contributed by atoms with Gasteiger partial charge in [0.25, 0.3) is 0 Å². The van der Waals surface area contributed by atoms with Crippen molar-refractivity contribution in [2.24, 2.45) is 0 Å². The van der Waals surface area contributed by atoms with Crippen LogP contribution in [0.15, 0.2) is 6.33 Å². The Kier molecular flexibility index (Phi) is 3.50. The first-order valence-corrected chi connectivity index (χ1v) is 6.88. The third-order valence-electron chi connectivity index (χ3n) is 3.21. The highest BCUT2D eigenvalue weighted by atomic mass is 127. The van der Waals surface area contributed by atoms with Gasteiger partial charge in [-0.2, -0.15) is 0 Å². The molecule has 0 unspecified atom stereocenters. The lowest BCUT2D eigenvalue weighted by atomic mass is 10.1. The summed E-state index contributed by atoms with van der Waals surface area (Å²) in [5.41, 5.74) is 6.55. The quantitative estimate of drug-likeness (QED) is 0.362. The predicted molar refractivity (Wildman–Crippen MR) is 75.5 cm³/mol. The minimum absolute atomic E-state index is 0.227. The number of hydrogen-bond donors (Lipinski definition) is 4. The molecule has 9 nitrogen and oxygen atoms in total. The van der Waals surface area contributed by atoms with Gasteiger partial charge in [0.2, 0.25) is 0 Å². The maximum Gasteiger partial charge on any atom is 0.194 e. The van der Waals surface area contributed by atoms with Gasteiger partial charge in [-0.15, -0.1) is 0 Å². The Morgan fingerprint density at radius 1 is 1.35 bits per heavy atom. The van der Waals surface area contributed by atoms with Crippen molar-refractivity contribution in [1.29, 1.82) is 0 Å². The summed E-state index contributed by atoms with van der Waals surface area (Å²) in [4.78, 5) is 12.3. The Labute approximate surface area is 126 Å². The number of rotatable bonds is 2. The fourth-order valence-corrected chi connectivity index (χ4v) is 2.70. The lowest BCUT2D eigenvalue weighted by Gasteiger charge is -2.16. The fraction of sp³-hybridized carbons (Fsp3) is 0.500. The molecule has 0 aromatic carbocycles. The molecule has 1 aliphatic rings.